The predicted molar refractivity (Wildman–Crippen MR) is 76.1 cm³/mol. The molecule has 0 fully saturated rings. The minimum atomic E-state index is -0.217. The van der Waals surface area contributed by atoms with Crippen molar-refractivity contribution in [2.45, 2.75) is 12.1 Å². The lowest BCUT2D eigenvalue weighted by molar-refractivity contribution is 0.102. The van der Waals surface area contributed by atoms with Crippen LogP contribution < -0.4 is 5.56 Å². The highest BCUT2D eigenvalue weighted by Gasteiger charge is 2.08. The van der Waals surface area contributed by atoms with E-state index in [2.05, 4.69) is 9.97 Å². The number of nitrogens with zero attached hydrogens (tertiary/aromatic N) is 1. The first-order valence-corrected chi connectivity index (χ1v) is 6.90. The van der Waals surface area contributed by atoms with Crippen molar-refractivity contribution in [3.8, 4) is 0 Å². The van der Waals surface area contributed by atoms with Crippen molar-refractivity contribution >= 4 is 29.1 Å². The molecule has 1 aromatic carbocycles. The highest BCUT2D eigenvalue weighted by atomic mass is 35.5. The number of aryl methyl sites for hydroxylation is 1. The minimum Gasteiger partial charge on any atom is -0.301 e. The molecular weight excluding hydrogens is 284 g/mol. The highest BCUT2D eigenvalue weighted by molar-refractivity contribution is 7.99. The Hall–Kier alpha value is -1.59. The van der Waals surface area contributed by atoms with Crippen LogP contribution in [0.15, 0.2) is 40.3 Å². The Bertz CT molecular complexity index is 670. The van der Waals surface area contributed by atoms with Gasteiger partial charge in [0.1, 0.15) is 0 Å². The largest absolute Gasteiger partial charge is 0.301 e. The van der Waals surface area contributed by atoms with Crippen LogP contribution in [0.5, 0.6) is 0 Å². The standard InChI is InChI=1S/C13H11ClN2O2S/c1-8-5-12(18)16-13(15-8)19-7-11(17)9-3-2-4-10(14)6-9/h2-6H,7H2,1H3,(H,15,16,18). The van der Waals surface area contributed by atoms with Gasteiger partial charge in [-0.3, -0.25) is 9.59 Å². The van der Waals surface area contributed by atoms with E-state index < -0.39 is 0 Å². The Morgan fingerprint density at radius 1 is 1.42 bits per heavy atom. The fourth-order valence-electron chi connectivity index (χ4n) is 1.50. The van der Waals surface area contributed by atoms with Gasteiger partial charge in [-0.25, -0.2) is 4.98 Å². The van der Waals surface area contributed by atoms with Gasteiger partial charge in [-0.2, -0.15) is 0 Å². The van der Waals surface area contributed by atoms with Gasteiger partial charge in [0.25, 0.3) is 5.56 Å². The Labute approximate surface area is 119 Å². The van der Waals surface area contributed by atoms with Gasteiger partial charge in [-0.1, -0.05) is 35.5 Å². The molecule has 0 bridgehead atoms. The number of aromatic amines is 1. The van der Waals surface area contributed by atoms with E-state index >= 15 is 0 Å². The van der Waals surface area contributed by atoms with Crippen molar-refractivity contribution in [3.05, 3.63) is 57.0 Å². The Morgan fingerprint density at radius 2 is 2.21 bits per heavy atom. The van der Waals surface area contributed by atoms with Gasteiger partial charge >= 0.3 is 0 Å². The number of halogens is 1. The molecule has 0 saturated carbocycles. The maximum atomic E-state index is 11.9. The lowest BCUT2D eigenvalue weighted by atomic mass is 10.1. The molecule has 0 spiro atoms. The molecule has 4 nitrogen and oxygen atoms in total. The zero-order chi connectivity index (χ0) is 13.8. The molecule has 0 radical (unpaired) electrons. The fraction of sp³-hybridized carbons (Fsp3) is 0.154. The normalized spacial score (nSPS) is 10.4. The molecule has 19 heavy (non-hydrogen) atoms. The van der Waals surface area contributed by atoms with Crippen molar-refractivity contribution in [3.63, 3.8) is 0 Å². The Balaban J connectivity index is 2.06. The molecule has 2 aromatic rings. The molecule has 0 aliphatic rings. The lowest BCUT2D eigenvalue weighted by Crippen LogP contribution is -2.09. The molecule has 6 heteroatoms. The average Bonchev–Trinajstić information content (AvgIpc) is 2.35. The molecule has 0 amide bonds. The lowest BCUT2D eigenvalue weighted by Gasteiger charge is -2.02. The Kier molecular flexibility index (Phi) is 4.39. The summed E-state index contributed by atoms with van der Waals surface area (Å²) in [4.78, 5) is 29.9. The van der Waals surface area contributed by atoms with Crippen LogP contribution in [0.25, 0.3) is 0 Å². The highest BCUT2D eigenvalue weighted by Crippen LogP contribution is 2.16. The summed E-state index contributed by atoms with van der Waals surface area (Å²) in [7, 11) is 0. The second kappa shape index (κ2) is 6.04. The van der Waals surface area contributed by atoms with E-state index in [0.29, 0.717) is 21.4 Å². The summed E-state index contributed by atoms with van der Waals surface area (Å²) >= 11 is 7.03. The zero-order valence-electron chi connectivity index (χ0n) is 10.1. The van der Waals surface area contributed by atoms with Gasteiger partial charge < -0.3 is 4.98 Å². The maximum Gasteiger partial charge on any atom is 0.251 e. The SMILES string of the molecule is Cc1cc(=O)[nH]c(SCC(=O)c2cccc(Cl)c2)n1. The van der Waals surface area contributed by atoms with E-state index in [1.807, 2.05) is 0 Å². The summed E-state index contributed by atoms with van der Waals surface area (Å²) in [5.74, 6) is 0.142. The molecular formula is C13H11ClN2O2S. The van der Waals surface area contributed by atoms with Crippen molar-refractivity contribution < 1.29 is 4.79 Å². The zero-order valence-corrected chi connectivity index (χ0v) is 11.7. The molecule has 1 N–H and O–H groups in total. The number of rotatable bonds is 4. The molecule has 0 aliphatic carbocycles. The molecule has 0 saturated heterocycles. The second-order valence-electron chi connectivity index (χ2n) is 3.91. The smallest absolute Gasteiger partial charge is 0.251 e. The third kappa shape index (κ3) is 3.94. The molecule has 1 aromatic heterocycles. The fourth-order valence-corrected chi connectivity index (χ4v) is 2.51. The van der Waals surface area contributed by atoms with Crippen LogP contribution in [0.4, 0.5) is 0 Å². The van der Waals surface area contributed by atoms with E-state index in [1.165, 1.54) is 17.8 Å². The van der Waals surface area contributed by atoms with E-state index in [1.54, 1.807) is 31.2 Å². The topological polar surface area (TPSA) is 62.8 Å². The average molecular weight is 295 g/mol. The summed E-state index contributed by atoms with van der Waals surface area (Å²) in [5, 5.41) is 0.971. The molecule has 1 heterocycles. The number of ketones is 1. The molecule has 98 valence electrons. The predicted octanol–water partition coefficient (Wildman–Crippen LogP) is 2.71. The van der Waals surface area contributed by atoms with E-state index in [4.69, 9.17) is 11.6 Å². The molecule has 0 unspecified atom stereocenters. The molecule has 0 aliphatic heterocycles. The van der Waals surface area contributed by atoms with Gasteiger partial charge in [0.05, 0.1) is 5.75 Å². The number of nitrogens with one attached hydrogen (secondary N) is 1. The number of benzene rings is 1. The molecule has 0 atom stereocenters. The first kappa shape index (κ1) is 13.8. The number of hydrogen-bond donors (Lipinski definition) is 1. The number of aromatic nitrogens is 2. The van der Waals surface area contributed by atoms with Crippen molar-refractivity contribution in [2.75, 3.05) is 5.75 Å². The summed E-state index contributed by atoms with van der Waals surface area (Å²) in [6.45, 7) is 1.73. The van der Waals surface area contributed by atoms with Crippen LogP contribution >= 0.6 is 23.4 Å². The van der Waals surface area contributed by atoms with Gasteiger partial charge in [0, 0.05) is 22.3 Å². The van der Waals surface area contributed by atoms with Crippen LogP contribution in [0.3, 0.4) is 0 Å². The monoisotopic (exact) mass is 294 g/mol. The number of thioether (sulfide) groups is 1. The first-order chi connectivity index (χ1) is 9.04. The van der Waals surface area contributed by atoms with E-state index in [0.717, 1.165) is 0 Å². The van der Waals surface area contributed by atoms with Crippen molar-refractivity contribution in [1.29, 1.82) is 0 Å². The van der Waals surface area contributed by atoms with E-state index in [9.17, 15) is 9.59 Å². The van der Waals surface area contributed by atoms with Gasteiger partial charge in [0.15, 0.2) is 10.9 Å². The van der Waals surface area contributed by atoms with Gasteiger partial charge in [0.2, 0.25) is 0 Å². The Morgan fingerprint density at radius 3 is 2.89 bits per heavy atom. The van der Waals surface area contributed by atoms with Crippen LogP contribution in [0, 0.1) is 6.92 Å². The maximum absolute atomic E-state index is 11.9. The van der Waals surface area contributed by atoms with E-state index in [-0.39, 0.29) is 17.1 Å². The van der Waals surface area contributed by atoms with Crippen molar-refractivity contribution in [1.82, 2.24) is 9.97 Å². The van der Waals surface area contributed by atoms with Gasteiger partial charge in [-0.15, -0.1) is 0 Å². The summed E-state index contributed by atoms with van der Waals surface area (Å²) in [6, 6.07) is 8.18. The van der Waals surface area contributed by atoms with Crippen LogP contribution in [-0.2, 0) is 0 Å². The first-order valence-electron chi connectivity index (χ1n) is 5.54. The third-order valence-electron chi connectivity index (χ3n) is 2.33. The number of H-pyrrole nitrogens is 1. The number of carbonyl (C=O) groups excluding carboxylic acids is 1. The van der Waals surface area contributed by atoms with Crippen LogP contribution in [0.1, 0.15) is 16.1 Å². The van der Waals surface area contributed by atoms with Crippen LogP contribution in [-0.4, -0.2) is 21.5 Å². The van der Waals surface area contributed by atoms with Crippen LogP contribution in [0.2, 0.25) is 5.02 Å². The number of carbonyl (C=O) groups is 1. The molecule has 2 rings (SSSR count). The summed E-state index contributed by atoms with van der Waals surface area (Å²) in [5.41, 5.74) is 0.960. The third-order valence-corrected chi connectivity index (χ3v) is 3.44. The van der Waals surface area contributed by atoms with Crippen molar-refractivity contribution in [2.24, 2.45) is 0 Å². The second-order valence-corrected chi connectivity index (χ2v) is 5.31. The summed E-state index contributed by atoms with van der Waals surface area (Å²) in [6.07, 6.45) is 0. The quantitative estimate of drug-likeness (QED) is 0.535. The van der Waals surface area contributed by atoms with Gasteiger partial charge in [-0.05, 0) is 19.1 Å². The minimum absolute atomic E-state index is 0.0587. The summed E-state index contributed by atoms with van der Waals surface area (Å²) < 4.78 is 0. The number of hydrogen-bond acceptors (Lipinski definition) is 4. The number of Topliss-reactive ketones (excluding diaryl/α,β-unsaturated/α-hetero) is 1.